The largest absolute Gasteiger partial charge is 0.381 e. The van der Waals surface area contributed by atoms with Gasteiger partial charge in [0, 0.05) is 19.3 Å². The van der Waals surface area contributed by atoms with Crippen molar-refractivity contribution in [3.8, 4) is 0 Å². The summed E-state index contributed by atoms with van der Waals surface area (Å²) in [6, 6.07) is 0.872. The molecule has 3 atom stereocenters. The van der Waals surface area contributed by atoms with E-state index in [-0.39, 0.29) is 0 Å². The lowest BCUT2D eigenvalue weighted by atomic mass is 9.67. The van der Waals surface area contributed by atoms with Crippen LogP contribution in [0.15, 0.2) is 0 Å². The Morgan fingerprint density at radius 3 is 2.38 bits per heavy atom. The average molecular weight is 293 g/mol. The molecule has 0 bridgehead atoms. The molecule has 0 radical (unpaired) electrons. The number of nitrogens with one attached hydrogen (secondary N) is 1. The van der Waals surface area contributed by atoms with Crippen LogP contribution in [0.3, 0.4) is 0 Å². The van der Waals surface area contributed by atoms with E-state index in [0.717, 1.165) is 48.8 Å². The zero-order chi connectivity index (χ0) is 14.7. The van der Waals surface area contributed by atoms with Gasteiger partial charge < -0.3 is 10.1 Å². The van der Waals surface area contributed by atoms with E-state index in [2.05, 4.69) is 19.2 Å². The smallest absolute Gasteiger partial charge is 0.0468 e. The summed E-state index contributed by atoms with van der Waals surface area (Å²) < 4.78 is 5.55. The third kappa shape index (κ3) is 4.69. The molecule has 3 unspecified atom stereocenters. The SMILES string of the molecule is CC(C)C1CCC(CNC2CC2)C(CC2CCOCC2)C1. The second-order valence-corrected chi connectivity index (χ2v) is 8.31. The lowest BCUT2D eigenvalue weighted by Gasteiger charge is -2.40. The van der Waals surface area contributed by atoms with Crippen LogP contribution in [0.25, 0.3) is 0 Å². The summed E-state index contributed by atoms with van der Waals surface area (Å²) in [6.07, 6.45) is 11.4. The molecule has 0 aromatic rings. The van der Waals surface area contributed by atoms with Gasteiger partial charge in [-0.15, -0.1) is 0 Å². The van der Waals surface area contributed by atoms with Gasteiger partial charge in [-0.2, -0.15) is 0 Å². The predicted molar refractivity (Wildman–Crippen MR) is 88.3 cm³/mol. The standard InChI is InChI=1S/C19H35NO/c1-14(2)16-3-4-17(13-20-19-5-6-19)18(12-16)11-15-7-9-21-10-8-15/h14-20H,3-13H2,1-2H3. The van der Waals surface area contributed by atoms with Crippen LogP contribution >= 0.6 is 0 Å². The molecular weight excluding hydrogens is 258 g/mol. The minimum Gasteiger partial charge on any atom is -0.381 e. The highest BCUT2D eigenvalue weighted by Gasteiger charge is 2.34. The third-order valence-corrected chi connectivity index (χ3v) is 6.35. The maximum Gasteiger partial charge on any atom is 0.0468 e. The molecule has 0 aromatic heterocycles. The molecule has 2 saturated carbocycles. The Labute approximate surface area is 131 Å². The van der Waals surface area contributed by atoms with Gasteiger partial charge in [-0.05, 0) is 87.5 Å². The van der Waals surface area contributed by atoms with Crippen LogP contribution in [0.4, 0.5) is 0 Å². The van der Waals surface area contributed by atoms with Gasteiger partial charge in [-0.3, -0.25) is 0 Å². The molecule has 0 aromatic carbocycles. The zero-order valence-corrected chi connectivity index (χ0v) is 14.2. The van der Waals surface area contributed by atoms with Crippen molar-refractivity contribution in [2.75, 3.05) is 19.8 Å². The molecule has 2 aliphatic carbocycles. The highest BCUT2D eigenvalue weighted by atomic mass is 16.5. The van der Waals surface area contributed by atoms with Gasteiger partial charge in [0.25, 0.3) is 0 Å². The van der Waals surface area contributed by atoms with Crippen LogP contribution in [-0.4, -0.2) is 25.8 Å². The van der Waals surface area contributed by atoms with Gasteiger partial charge >= 0.3 is 0 Å². The van der Waals surface area contributed by atoms with Gasteiger partial charge in [0.2, 0.25) is 0 Å². The number of hydrogen-bond acceptors (Lipinski definition) is 2. The van der Waals surface area contributed by atoms with Crippen LogP contribution in [0.2, 0.25) is 0 Å². The number of ether oxygens (including phenoxy) is 1. The van der Waals surface area contributed by atoms with Gasteiger partial charge in [-0.25, -0.2) is 0 Å². The highest BCUT2D eigenvalue weighted by molar-refractivity contribution is 4.88. The summed E-state index contributed by atoms with van der Waals surface area (Å²) in [4.78, 5) is 0. The maximum absolute atomic E-state index is 5.55. The lowest BCUT2D eigenvalue weighted by molar-refractivity contribution is 0.0434. The molecule has 1 saturated heterocycles. The Morgan fingerprint density at radius 1 is 0.952 bits per heavy atom. The molecule has 2 nitrogen and oxygen atoms in total. The van der Waals surface area contributed by atoms with E-state index >= 15 is 0 Å². The Hall–Kier alpha value is -0.0800. The fraction of sp³-hybridized carbons (Fsp3) is 1.00. The van der Waals surface area contributed by atoms with E-state index in [1.807, 2.05) is 0 Å². The van der Waals surface area contributed by atoms with Crippen LogP contribution < -0.4 is 5.32 Å². The van der Waals surface area contributed by atoms with E-state index in [1.165, 1.54) is 57.9 Å². The van der Waals surface area contributed by atoms with Crippen molar-refractivity contribution >= 4 is 0 Å². The minimum atomic E-state index is 0.872. The first-order chi connectivity index (χ1) is 10.2. The average Bonchev–Trinajstić information content (AvgIpc) is 3.31. The topological polar surface area (TPSA) is 21.3 Å². The van der Waals surface area contributed by atoms with Gasteiger partial charge in [0.05, 0.1) is 0 Å². The molecule has 2 heteroatoms. The van der Waals surface area contributed by atoms with Crippen molar-refractivity contribution in [3.63, 3.8) is 0 Å². The maximum atomic E-state index is 5.55. The molecule has 1 N–H and O–H groups in total. The molecular formula is C19H35NO. The molecule has 3 aliphatic rings. The third-order valence-electron chi connectivity index (χ3n) is 6.35. The van der Waals surface area contributed by atoms with Crippen LogP contribution in [-0.2, 0) is 4.74 Å². The molecule has 3 fully saturated rings. The molecule has 0 amide bonds. The van der Waals surface area contributed by atoms with Crippen LogP contribution in [0.1, 0.15) is 65.2 Å². The molecule has 21 heavy (non-hydrogen) atoms. The van der Waals surface area contributed by atoms with E-state index in [9.17, 15) is 0 Å². The van der Waals surface area contributed by atoms with E-state index in [4.69, 9.17) is 4.74 Å². The fourth-order valence-corrected chi connectivity index (χ4v) is 4.54. The normalized spacial score (nSPS) is 35.3. The predicted octanol–water partition coefficient (Wildman–Crippen LogP) is 4.24. The van der Waals surface area contributed by atoms with E-state index < -0.39 is 0 Å². The molecule has 3 rings (SSSR count). The van der Waals surface area contributed by atoms with Crippen molar-refractivity contribution in [1.29, 1.82) is 0 Å². The van der Waals surface area contributed by atoms with Crippen molar-refractivity contribution in [1.82, 2.24) is 5.32 Å². The Balaban J connectivity index is 1.54. The summed E-state index contributed by atoms with van der Waals surface area (Å²) >= 11 is 0. The highest BCUT2D eigenvalue weighted by Crippen LogP contribution is 2.41. The summed E-state index contributed by atoms with van der Waals surface area (Å²) in [5, 5.41) is 3.81. The molecule has 1 aliphatic heterocycles. The Kier molecular flexibility index (Phi) is 5.61. The van der Waals surface area contributed by atoms with E-state index in [0.29, 0.717) is 0 Å². The number of rotatable bonds is 6. The van der Waals surface area contributed by atoms with Gasteiger partial charge in [0.1, 0.15) is 0 Å². The van der Waals surface area contributed by atoms with Crippen molar-refractivity contribution in [2.24, 2.45) is 29.6 Å². The minimum absolute atomic E-state index is 0.872. The summed E-state index contributed by atoms with van der Waals surface area (Å²) in [7, 11) is 0. The fourth-order valence-electron chi connectivity index (χ4n) is 4.54. The molecule has 122 valence electrons. The first kappa shape index (κ1) is 15.8. The van der Waals surface area contributed by atoms with Gasteiger partial charge in [-0.1, -0.05) is 13.8 Å². The Bertz CT molecular complexity index is 307. The monoisotopic (exact) mass is 293 g/mol. The first-order valence-electron chi connectivity index (χ1n) is 9.53. The second kappa shape index (κ2) is 7.46. The number of hydrogen-bond donors (Lipinski definition) is 1. The Morgan fingerprint density at radius 2 is 1.71 bits per heavy atom. The second-order valence-electron chi connectivity index (χ2n) is 8.31. The van der Waals surface area contributed by atoms with Crippen molar-refractivity contribution < 1.29 is 4.74 Å². The molecule has 0 spiro atoms. The van der Waals surface area contributed by atoms with Crippen molar-refractivity contribution in [3.05, 3.63) is 0 Å². The quantitative estimate of drug-likeness (QED) is 0.790. The van der Waals surface area contributed by atoms with Crippen LogP contribution in [0, 0.1) is 29.6 Å². The van der Waals surface area contributed by atoms with E-state index in [1.54, 1.807) is 0 Å². The lowest BCUT2D eigenvalue weighted by Crippen LogP contribution is -2.36. The summed E-state index contributed by atoms with van der Waals surface area (Å²) in [5.41, 5.74) is 0. The molecule has 1 heterocycles. The first-order valence-corrected chi connectivity index (χ1v) is 9.53. The van der Waals surface area contributed by atoms with Crippen molar-refractivity contribution in [2.45, 2.75) is 71.3 Å². The summed E-state index contributed by atoms with van der Waals surface area (Å²) in [5.74, 6) is 4.72. The zero-order valence-electron chi connectivity index (χ0n) is 14.2. The summed E-state index contributed by atoms with van der Waals surface area (Å²) in [6.45, 7) is 8.17. The van der Waals surface area contributed by atoms with Crippen LogP contribution in [0.5, 0.6) is 0 Å². The van der Waals surface area contributed by atoms with Gasteiger partial charge in [0.15, 0.2) is 0 Å².